The molecule has 0 unspecified atom stereocenters. The molecule has 2 nitrogen and oxygen atoms in total. The molecule has 0 fully saturated rings. The molecule has 1 rings (SSSR count). The van der Waals surface area contributed by atoms with Crippen molar-refractivity contribution in [2.24, 2.45) is 5.92 Å². The van der Waals surface area contributed by atoms with E-state index in [1.807, 2.05) is 12.2 Å². The molecule has 0 aliphatic heterocycles. The van der Waals surface area contributed by atoms with Gasteiger partial charge in [-0.1, -0.05) is 18.0 Å². The van der Waals surface area contributed by atoms with Crippen LogP contribution in [-0.4, -0.2) is 20.9 Å². The van der Waals surface area contributed by atoms with E-state index >= 15 is 0 Å². The van der Waals surface area contributed by atoms with Crippen molar-refractivity contribution in [2.75, 3.05) is 7.11 Å². The number of ether oxygens (including phenoxy) is 1. The lowest BCUT2D eigenvalue weighted by Crippen LogP contribution is -2.10. The van der Waals surface area contributed by atoms with E-state index in [4.69, 9.17) is 7.85 Å². The summed E-state index contributed by atoms with van der Waals surface area (Å²) < 4.78 is 4.53. The van der Waals surface area contributed by atoms with E-state index in [-0.39, 0.29) is 17.7 Å². The second-order valence-electron chi connectivity index (χ2n) is 2.77. The predicted molar refractivity (Wildman–Crippen MR) is 43.4 cm³/mol. The Balaban J connectivity index is 2.36. The van der Waals surface area contributed by atoms with E-state index in [0.29, 0.717) is 6.42 Å². The Morgan fingerprint density at radius 3 is 3.00 bits per heavy atom. The lowest BCUT2D eigenvalue weighted by atomic mass is 9.77. The first kappa shape index (κ1) is 8.37. The average Bonchev–Trinajstić information content (AvgIpc) is 2.37. The summed E-state index contributed by atoms with van der Waals surface area (Å²) >= 11 is 0. The van der Waals surface area contributed by atoms with Crippen molar-refractivity contribution in [2.45, 2.75) is 18.7 Å². The number of rotatable bonds is 2. The molecule has 2 atom stereocenters. The normalized spacial score (nSPS) is 28.8. The van der Waals surface area contributed by atoms with Crippen LogP contribution >= 0.6 is 0 Å². The lowest BCUT2D eigenvalue weighted by Gasteiger charge is -2.12. The number of allylic oxidation sites excluding steroid dienone is 2. The summed E-state index contributed by atoms with van der Waals surface area (Å²) in [6, 6.07) is 0. The summed E-state index contributed by atoms with van der Waals surface area (Å²) in [4.78, 5) is 10.8. The minimum atomic E-state index is -0.183. The van der Waals surface area contributed by atoms with E-state index in [0.717, 1.165) is 6.42 Å². The molecule has 0 heterocycles. The van der Waals surface area contributed by atoms with E-state index in [1.54, 1.807) is 0 Å². The first-order chi connectivity index (χ1) is 5.24. The Kier molecular flexibility index (Phi) is 2.74. The van der Waals surface area contributed by atoms with Crippen LogP contribution in [0.25, 0.3) is 0 Å². The third-order valence-electron chi connectivity index (χ3n) is 1.97. The monoisotopic (exact) mass is 150 g/mol. The fourth-order valence-electron chi connectivity index (χ4n) is 1.22. The Bertz CT molecular complexity index is 177. The van der Waals surface area contributed by atoms with Crippen LogP contribution in [-0.2, 0) is 9.53 Å². The molecule has 1 aliphatic rings. The van der Waals surface area contributed by atoms with E-state index in [1.165, 1.54) is 7.11 Å². The van der Waals surface area contributed by atoms with Gasteiger partial charge in [-0.3, -0.25) is 4.79 Å². The van der Waals surface area contributed by atoms with Crippen LogP contribution in [0.15, 0.2) is 12.2 Å². The highest BCUT2D eigenvalue weighted by Gasteiger charge is 2.20. The largest absolute Gasteiger partial charge is 0.469 e. The molecule has 1 aliphatic carbocycles. The van der Waals surface area contributed by atoms with Crippen molar-refractivity contribution in [3.8, 4) is 0 Å². The van der Waals surface area contributed by atoms with Gasteiger partial charge < -0.3 is 4.74 Å². The molecule has 58 valence electrons. The minimum absolute atomic E-state index is 0.106. The van der Waals surface area contributed by atoms with Crippen LogP contribution in [0.4, 0.5) is 0 Å². The lowest BCUT2D eigenvalue weighted by molar-refractivity contribution is -0.141. The summed E-state index contributed by atoms with van der Waals surface area (Å²) in [7, 11) is 7.11. The van der Waals surface area contributed by atoms with Crippen LogP contribution in [0.3, 0.4) is 0 Å². The van der Waals surface area contributed by atoms with Crippen molar-refractivity contribution < 1.29 is 9.53 Å². The van der Waals surface area contributed by atoms with Gasteiger partial charge in [0.15, 0.2) is 0 Å². The molecule has 11 heavy (non-hydrogen) atoms. The highest BCUT2D eigenvalue weighted by molar-refractivity contribution is 6.12. The highest BCUT2D eigenvalue weighted by atomic mass is 16.5. The Hall–Kier alpha value is -0.725. The molecule has 0 spiro atoms. The molecule has 0 amide bonds. The summed E-state index contributed by atoms with van der Waals surface area (Å²) in [5.41, 5.74) is 0. The molecule has 0 aromatic rings. The summed E-state index contributed by atoms with van der Waals surface area (Å²) in [5, 5.41) is 0. The first-order valence-electron chi connectivity index (χ1n) is 3.73. The predicted octanol–water partition coefficient (Wildman–Crippen LogP) is 1.08. The van der Waals surface area contributed by atoms with E-state index < -0.39 is 0 Å². The maximum atomic E-state index is 10.8. The van der Waals surface area contributed by atoms with Gasteiger partial charge in [0.25, 0.3) is 0 Å². The maximum absolute atomic E-state index is 10.8. The fraction of sp³-hybridized carbons (Fsp3) is 0.625. The van der Waals surface area contributed by atoms with Gasteiger partial charge in [0.05, 0.1) is 21.4 Å². The van der Waals surface area contributed by atoms with E-state index in [9.17, 15) is 4.79 Å². The van der Waals surface area contributed by atoms with Gasteiger partial charge in [0.1, 0.15) is 0 Å². The molecule has 0 saturated heterocycles. The number of methoxy groups -OCH3 is 1. The zero-order valence-electron chi connectivity index (χ0n) is 6.62. The van der Waals surface area contributed by atoms with Gasteiger partial charge in [-0.2, -0.15) is 0 Å². The minimum Gasteiger partial charge on any atom is -0.469 e. The smallest absolute Gasteiger partial charge is 0.306 e. The number of carbonyl (C=O) groups excluding carboxylic acids is 1. The third-order valence-corrected chi connectivity index (χ3v) is 1.97. The second-order valence-corrected chi connectivity index (χ2v) is 2.77. The third kappa shape index (κ3) is 2.10. The number of hydrogen-bond acceptors (Lipinski definition) is 2. The molecular formula is C8H11BO2. The quantitative estimate of drug-likeness (QED) is 0.334. The van der Waals surface area contributed by atoms with E-state index in [2.05, 4.69) is 4.74 Å². The Morgan fingerprint density at radius 2 is 2.55 bits per heavy atom. The topological polar surface area (TPSA) is 26.3 Å². The highest BCUT2D eigenvalue weighted by Crippen LogP contribution is 2.30. The second kappa shape index (κ2) is 3.60. The first-order valence-corrected chi connectivity index (χ1v) is 3.73. The molecule has 0 N–H and O–H groups in total. The van der Waals surface area contributed by atoms with Crippen molar-refractivity contribution in [1.29, 1.82) is 0 Å². The summed E-state index contributed by atoms with van der Waals surface area (Å²) in [5.74, 6) is 0.105. The van der Waals surface area contributed by atoms with Crippen molar-refractivity contribution >= 4 is 13.8 Å². The molecule has 0 aromatic heterocycles. The van der Waals surface area contributed by atoms with Crippen LogP contribution in [0.2, 0.25) is 5.82 Å². The molecule has 0 bridgehead atoms. The Morgan fingerprint density at radius 1 is 1.82 bits per heavy atom. The van der Waals surface area contributed by atoms with Gasteiger partial charge in [0.2, 0.25) is 0 Å². The molecule has 3 heteroatoms. The molecule has 0 saturated carbocycles. The molecule has 2 radical (unpaired) electrons. The van der Waals surface area contributed by atoms with Crippen molar-refractivity contribution in [3.63, 3.8) is 0 Å². The summed E-state index contributed by atoms with van der Waals surface area (Å²) in [6.07, 6.45) is 5.29. The maximum Gasteiger partial charge on any atom is 0.306 e. The van der Waals surface area contributed by atoms with Gasteiger partial charge in [-0.05, 0) is 12.3 Å². The number of carbonyl (C=O) groups is 1. The standard InChI is InChI=1S/C8H11BO2/c1-11-8(10)5-6-3-2-4-7(6)9/h2-3,6-7H,4-5H2,1H3/t6-,7+/m0/s1. The SMILES string of the molecule is [B][C@@H]1CC=C[C@H]1CC(=O)OC. The molecule has 0 aromatic carbocycles. The Labute approximate surface area is 68.0 Å². The van der Waals surface area contributed by atoms with Gasteiger partial charge in [-0.15, -0.1) is 0 Å². The molecular weight excluding hydrogens is 139 g/mol. The van der Waals surface area contributed by atoms with Gasteiger partial charge in [-0.25, -0.2) is 0 Å². The van der Waals surface area contributed by atoms with Gasteiger partial charge in [0, 0.05) is 0 Å². The van der Waals surface area contributed by atoms with Crippen molar-refractivity contribution in [1.82, 2.24) is 0 Å². The van der Waals surface area contributed by atoms with Gasteiger partial charge >= 0.3 is 5.97 Å². The van der Waals surface area contributed by atoms with Crippen LogP contribution < -0.4 is 0 Å². The van der Waals surface area contributed by atoms with Crippen LogP contribution in [0, 0.1) is 5.92 Å². The van der Waals surface area contributed by atoms with Crippen LogP contribution in [0.1, 0.15) is 12.8 Å². The average molecular weight is 150 g/mol. The van der Waals surface area contributed by atoms with Crippen LogP contribution in [0.5, 0.6) is 0 Å². The zero-order chi connectivity index (χ0) is 8.27. The fourth-order valence-corrected chi connectivity index (χ4v) is 1.22. The zero-order valence-corrected chi connectivity index (χ0v) is 6.62. The van der Waals surface area contributed by atoms with Crippen molar-refractivity contribution in [3.05, 3.63) is 12.2 Å². The number of esters is 1. The summed E-state index contributed by atoms with van der Waals surface area (Å²) in [6.45, 7) is 0. The number of hydrogen-bond donors (Lipinski definition) is 0.